The number of rotatable bonds is 3. The third kappa shape index (κ3) is 1.84. The third-order valence-electron chi connectivity index (χ3n) is 4.05. The van der Waals surface area contributed by atoms with Crippen LogP contribution in [-0.4, -0.2) is 21.6 Å². The molecule has 0 fully saturated rings. The Bertz CT molecular complexity index is 988. The molecule has 0 spiro atoms. The van der Waals surface area contributed by atoms with Crippen molar-refractivity contribution in [2.45, 2.75) is 19.9 Å². The molecule has 1 aromatic carbocycles. The van der Waals surface area contributed by atoms with E-state index in [2.05, 4.69) is 34.7 Å². The summed E-state index contributed by atoms with van der Waals surface area (Å²) in [5.41, 5.74) is 4.07. The van der Waals surface area contributed by atoms with Crippen molar-refractivity contribution in [2.75, 3.05) is 7.11 Å². The van der Waals surface area contributed by atoms with Gasteiger partial charge in [-0.3, -0.25) is 4.98 Å². The lowest BCUT2D eigenvalue weighted by molar-refractivity contribution is 0.415. The summed E-state index contributed by atoms with van der Waals surface area (Å²) >= 11 is 0. The van der Waals surface area contributed by atoms with E-state index in [0.717, 1.165) is 40.8 Å². The number of aryl methyl sites for hydroxylation is 1. The second-order valence-electron chi connectivity index (χ2n) is 5.44. The maximum absolute atomic E-state index is 5.38. The number of ether oxygens (including phenoxy) is 1. The minimum atomic E-state index is 0.865. The number of pyridine rings is 2. The Hall–Kier alpha value is -2.62. The van der Waals surface area contributed by atoms with Crippen LogP contribution < -0.4 is 4.74 Å². The van der Waals surface area contributed by atoms with E-state index in [1.807, 2.05) is 24.4 Å². The first-order valence-corrected chi connectivity index (χ1v) is 7.53. The molecule has 3 aromatic heterocycles. The lowest BCUT2D eigenvalue weighted by Crippen LogP contribution is -1.98. The Balaban J connectivity index is 2.17. The second kappa shape index (κ2) is 4.98. The van der Waals surface area contributed by atoms with Gasteiger partial charge in [0.15, 0.2) is 0 Å². The Morgan fingerprint density at radius 2 is 2.00 bits per heavy atom. The molecule has 0 unspecified atom stereocenters. The van der Waals surface area contributed by atoms with Crippen LogP contribution in [-0.2, 0) is 6.54 Å². The van der Waals surface area contributed by atoms with Gasteiger partial charge in [0.2, 0.25) is 0 Å². The number of aromatic nitrogens is 3. The summed E-state index contributed by atoms with van der Waals surface area (Å²) in [4.78, 5) is 9.28. The van der Waals surface area contributed by atoms with Gasteiger partial charge < -0.3 is 9.30 Å². The highest BCUT2D eigenvalue weighted by Crippen LogP contribution is 2.32. The zero-order valence-corrected chi connectivity index (χ0v) is 12.7. The molecule has 110 valence electrons. The minimum Gasteiger partial charge on any atom is -0.497 e. The van der Waals surface area contributed by atoms with Crippen molar-refractivity contribution in [3.05, 3.63) is 42.6 Å². The van der Waals surface area contributed by atoms with E-state index in [0.29, 0.717) is 0 Å². The van der Waals surface area contributed by atoms with Crippen molar-refractivity contribution >= 4 is 33.0 Å². The molecular formula is C18H17N3O. The van der Waals surface area contributed by atoms with Gasteiger partial charge in [-0.2, -0.15) is 0 Å². The standard InChI is InChI=1S/C18H17N3O/c1-3-9-21-17-7-6-12(22-2)10-13(17)14-11-16-15(20-18(14)21)5-4-8-19-16/h4-8,10-11H,3,9H2,1-2H3. The number of fused-ring (bicyclic) bond motifs is 4. The number of methoxy groups -OCH3 is 1. The average Bonchev–Trinajstić information content (AvgIpc) is 2.86. The second-order valence-corrected chi connectivity index (χ2v) is 5.44. The molecule has 4 heteroatoms. The van der Waals surface area contributed by atoms with Crippen LogP contribution in [0.15, 0.2) is 42.6 Å². The molecule has 3 heterocycles. The van der Waals surface area contributed by atoms with Crippen molar-refractivity contribution in [1.82, 2.24) is 14.5 Å². The summed E-state index contributed by atoms with van der Waals surface area (Å²) in [6.07, 6.45) is 2.87. The Labute approximate surface area is 128 Å². The van der Waals surface area contributed by atoms with Gasteiger partial charge in [-0.25, -0.2) is 4.98 Å². The molecule has 0 N–H and O–H groups in total. The minimum absolute atomic E-state index is 0.865. The normalized spacial score (nSPS) is 11.5. The first-order valence-electron chi connectivity index (χ1n) is 7.53. The maximum atomic E-state index is 5.38. The lowest BCUT2D eigenvalue weighted by atomic mass is 10.1. The van der Waals surface area contributed by atoms with Gasteiger partial charge in [-0.05, 0) is 42.8 Å². The zero-order chi connectivity index (χ0) is 15.1. The summed E-state index contributed by atoms with van der Waals surface area (Å²) < 4.78 is 7.67. The molecule has 4 aromatic rings. The van der Waals surface area contributed by atoms with E-state index in [4.69, 9.17) is 9.72 Å². The van der Waals surface area contributed by atoms with Gasteiger partial charge >= 0.3 is 0 Å². The zero-order valence-electron chi connectivity index (χ0n) is 12.7. The largest absolute Gasteiger partial charge is 0.497 e. The smallest absolute Gasteiger partial charge is 0.141 e. The fourth-order valence-electron chi connectivity index (χ4n) is 3.05. The van der Waals surface area contributed by atoms with Crippen molar-refractivity contribution in [3.8, 4) is 5.75 Å². The van der Waals surface area contributed by atoms with Gasteiger partial charge in [0, 0.05) is 23.5 Å². The Morgan fingerprint density at radius 1 is 1.09 bits per heavy atom. The van der Waals surface area contributed by atoms with E-state index < -0.39 is 0 Å². The topological polar surface area (TPSA) is 39.9 Å². The lowest BCUT2D eigenvalue weighted by Gasteiger charge is -2.05. The van der Waals surface area contributed by atoms with Crippen molar-refractivity contribution in [1.29, 1.82) is 0 Å². The average molecular weight is 291 g/mol. The molecular weight excluding hydrogens is 274 g/mol. The molecule has 0 aliphatic rings. The van der Waals surface area contributed by atoms with Crippen molar-refractivity contribution in [2.24, 2.45) is 0 Å². The molecule has 22 heavy (non-hydrogen) atoms. The van der Waals surface area contributed by atoms with Crippen LogP contribution in [0.25, 0.3) is 33.0 Å². The predicted molar refractivity (Wildman–Crippen MR) is 89.4 cm³/mol. The Kier molecular flexibility index (Phi) is 2.96. The quantitative estimate of drug-likeness (QED) is 0.569. The fourth-order valence-corrected chi connectivity index (χ4v) is 3.05. The highest BCUT2D eigenvalue weighted by atomic mass is 16.5. The molecule has 0 amide bonds. The number of benzene rings is 1. The van der Waals surface area contributed by atoms with Gasteiger partial charge in [0.1, 0.15) is 11.4 Å². The first kappa shape index (κ1) is 13.1. The maximum Gasteiger partial charge on any atom is 0.141 e. The summed E-state index contributed by atoms with van der Waals surface area (Å²) in [6, 6.07) is 12.3. The molecule has 0 saturated heterocycles. The molecule has 0 radical (unpaired) electrons. The predicted octanol–water partition coefficient (Wildman–Crippen LogP) is 4.16. The van der Waals surface area contributed by atoms with E-state index in [1.165, 1.54) is 10.9 Å². The summed E-state index contributed by atoms with van der Waals surface area (Å²) in [5, 5.41) is 2.30. The van der Waals surface area contributed by atoms with Crippen LogP contribution in [0.5, 0.6) is 5.75 Å². The molecule has 0 aliphatic heterocycles. The van der Waals surface area contributed by atoms with Crippen LogP contribution in [0.1, 0.15) is 13.3 Å². The van der Waals surface area contributed by atoms with Gasteiger partial charge in [0.25, 0.3) is 0 Å². The number of hydrogen-bond acceptors (Lipinski definition) is 3. The summed E-state index contributed by atoms with van der Waals surface area (Å²) in [6.45, 7) is 3.13. The van der Waals surface area contributed by atoms with Crippen LogP contribution in [0.3, 0.4) is 0 Å². The monoisotopic (exact) mass is 291 g/mol. The first-order chi connectivity index (χ1) is 10.8. The fraction of sp³-hybridized carbons (Fsp3) is 0.222. The van der Waals surface area contributed by atoms with E-state index >= 15 is 0 Å². The van der Waals surface area contributed by atoms with Crippen LogP contribution in [0, 0.1) is 0 Å². The van der Waals surface area contributed by atoms with Crippen LogP contribution in [0.2, 0.25) is 0 Å². The van der Waals surface area contributed by atoms with Crippen LogP contribution in [0.4, 0.5) is 0 Å². The van der Waals surface area contributed by atoms with Gasteiger partial charge in [-0.15, -0.1) is 0 Å². The van der Waals surface area contributed by atoms with Gasteiger partial charge in [0.05, 0.1) is 23.7 Å². The molecule has 0 aliphatic carbocycles. The van der Waals surface area contributed by atoms with E-state index in [9.17, 15) is 0 Å². The van der Waals surface area contributed by atoms with Crippen molar-refractivity contribution < 1.29 is 4.74 Å². The molecule has 0 atom stereocenters. The molecule has 4 rings (SSSR count). The summed E-state index contributed by atoms with van der Waals surface area (Å²) in [7, 11) is 1.70. The number of nitrogens with zero attached hydrogens (tertiary/aromatic N) is 3. The SMILES string of the molecule is CCCn1c2ccc(OC)cc2c2cc3ncccc3nc21. The van der Waals surface area contributed by atoms with Crippen LogP contribution >= 0.6 is 0 Å². The molecule has 0 saturated carbocycles. The molecule has 0 bridgehead atoms. The highest BCUT2D eigenvalue weighted by molar-refractivity contribution is 6.10. The summed E-state index contributed by atoms with van der Waals surface area (Å²) in [5.74, 6) is 0.865. The third-order valence-corrected chi connectivity index (χ3v) is 4.05. The van der Waals surface area contributed by atoms with E-state index in [-0.39, 0.29) is 0 Å². The molecule has 4 nitrogen and oxygen atoms in total. The van der Waals surface area contributed by atoms with Crippen molar-refractivity contribution in [3.63, 3.8) is 0 Å². The Morgan fingerprint density at radius 3 is 2.82 bits per heavy atom. The highest BCUT2D eigenvalue weighted by Gasteiger charge is 2.13. The number of hydrogen-bond donors (Lipinski definition) is 0. The van der Waals surface area contributed by atoms with Gasteiger partial charge in [-0.1, -0.05) is 6.92 Å². The van der Waals surface area contributed by atoms with E-state index in [1.54, 1.807) is 7.11 Å².